The number of carbonyl (C=O) groups excluding carboxylic acids is 1. The van der Waals surface area contributed by atoms with Crippen molar-refractivity contribution in [1.29, 1.82) is 0 Å². The minimum absolute atomic E-state index is 0.102. The number of hydrogen-bond acceptors (Lipinski definition) is 6. The van der Waals surface area contributed by atoms with E-state index in [-0.39, 0.29) is 18.1 Å². The summed E-state index contributed by atoms with van der Waals surface area (Å²) in [4.78, 5) is 20.1. The fourth-order valence-electron chi connectivity index (χ4n) is 2.55. The van der Waals surface area contributed by atoms with Crippen LogP contribution in [0, 0.1) is 6.92 Å². The Morgan fingerprint density at radius 1 is 1.27 bits per heavy atom. The molecule has 0 bridgehead atoms. The number of ether oxygens (including phenoxy) is 1. The second kappa shape index (κ2) is 6.55. The molecule has 0 spiro atoms. The van der Waals surface area contributed by atoms with Gasteiger partial charge in [0.2, 0.25) is 0 Å². The molecule has 0 aromatic carbocycles. The van der Waals surface area contributed by atoms with E-state index in [1.54, 1.807) is 31.5 Å². The minimum atomic E-state index is -0.187. The van der Waals surface area contributed by atoms with Crippen molar-refractivity contribution in [2.24, 2.45) is 0 Å². The van der Waals surface area contributed by atoms with Gasteiger partial charge in [-0.1, -0.05) is 5.16 Å². The minimum Gasteiger partial charge on any atom is -0.460 e. The van der Waals surface area contributed by atoms with E-state index >= 15 is 0 Å². The quantitative estimate of drug-likeness (QED) is 0.927. The van der Waals surface area contributed by atoms with Crippen molar-refractivity contribution in [2.75, 3.05) is 0 Å². The van der Waals surface area contributed by atoms with Crippen LogP contribution in [0.1, 0.15) is 41.9 Å². The maximum absolute atomic E-state index is 12.0. The fourth-order valence-corrected chi connectivity index (χ4v) is 2.55. The first-order valence-electron chi connectivity index (χ1n) is 7.38. The molecule has 22 heavy (non-hydrogen) atoms. The standard InChI is InChI=1S/C15H18N4O3/c1-10-9-13(19-22-10)14(20)18-11-3-5-12(6-4-11)21-15-16-7-2-8-17-15/h2,7-9,11-12H,3-6H2,1H3,(H,18,20). The normalized spacial score (nSPS) is 21.3. The van der Waals surface area contributed by atoms with Gasteiger partial charge in [0.15, 0.2) is 5.69 Å². The summed E-state index contributed by atoms with van der Waals surface area (Å²) in [6.07, 6.45) is 6.87. The van der Waals surface area contributed by atoms with Crippen LogP contribution in [0.5, 0.6) is 6.01 Å². The molecule has 0 unspecified atom stereocenters. The van der Waals surface area contributed by atoms with Gasteiger partial charge < -0.3 is 14.6 Å². The summed E-state index contributed by atoms with van der Waals surface area (Å²) in [5, 5.41) is 6.71. The van der Waals surface area contributed by atoms with Gasteiger partial charge in [0.25, 0.3) is 5.91 Å². The van der Waals surface area contributed by atoms with E-state index in [1.807, 2.05) is 0 Å². The molecule has 1 N–H and O–H groups in total. The maximum Gasteiger partial charge on any atom is 0.316 e. The smallest absolute Gasteiger partial charge is 0.316 e. The first-order chi connectivity index (χ1) is 10.7. The molecule has 7 nitrogen and oxygen atoms in total. The lowest BCUT2D eigenvalue weighted by Gasteiger charge is -2.28. The zero-order valence-corrected chi connectivity index (χ0v) is 12.4. The third-order valence-corrected chi connectivity index (χ3v) is 3.68. The van der Waals surface area contributed by atoms with Gasteiger partial charge in [0, 0.05) is 24.5 Å². The largest absolute Gasteiger partial charge is 0.460 e. The van der Waals surface area contributed by atoms with Gasteiger partial charge >= 0.3 is 6.01 Å². The van der Waals surface area contributed by atoms with Gasteiger partial charge in [-0.3, -0.25) is 4.79 Å². The van der Waals surface area contributed by atoms with Crippen LogP contribution in [-0.2, 0) is 0 Å². The molecule has 2 heterocycles. The molecule has 1 aliphatic rings. The molecule has 1 amide bonds. The predicted molar refractivity (Wildman–Crippen MR) is 77.4 cm³/mol. The number of nitrogens with one attached hydrogen (secondary N) is 1. The lowest BCUT2D eigenvalue weighted by atomic mass is 9.93. The number of aromatic nitrogens is 3. The molecule has 1 aliphatic carbocycles. The van der Waals surface area contributed by atoms with Crippen molar-refractivity contribution in [1.82, 2.24) is 20.4 Å². The van der Waals surface area contributed by atoms with Gasteiger partial charge in [-0.15, -0.1) is 0 Å². The van der Waals surface area contributed by atoms with Crippen molar-refractivity contribution in [3.05, 3.63) is 36.0 Å². The Morgan fingerprint density at radius 2 is 2.00 bits per heavy atom. The molecule has 1 saturated carbocycles. The summed E-state index contributed by atoms with van der Waals surface area (Å²) < 4.78 is 10.6. The van der Waals surface area contributed by atoms with E-state index in [2.05, 4.69) is 20.4 Å². The Kier molecular flexibility index (Phi) is 4.32. The summed E-state index contributed by atoms with van der Waals surface area (Å²) in [6.45, 7) is 1.76. The number of carbonyl (C=O) groups is 1. The lowest BCUT2D eigenvalue weighted by Crippen LogP contribution is -2.39. The highest BCUT2D eigenvalue weighted by molar-refractivity contribution is 5.92. The topological polar surface area (TPSA) is 90.1 Å². The molecule has 0 radical (unpaired) electrons. The van der Waals surface area contributed by atoms with Crippen LogP contribution >= 0.6 is 0 Å². The van der Waals surface area contributed by atoms with E-state index in [9.17, 15) is 4.79 Å². The van der Waals surface area contributed by atoms with Crippen molar-refractivity contribution in [3.63, 3.8) is 0 Å². The van der Waals surface area contributed by atoms with Crippen LogP contribution < -0.4 is 10.1 Å². The average Bonchev–Trinajstić information content (AvgIpc) is 2.97. The predicted octanol–water partition coefficient (Wildman–Crippen LogP) is 1.89. The van der Waals surface area contributed by atoms with Gasteiger partial charge in [0.1, 0.15) is 11.9 Å². The highest BCUT2D eigenvalue weighted by Gasteiger charge is 2.25. The molecule has 7 heteroatoms. The van der Waals surface area contributed by atoms with E-state index in [4.69, 9.17) is 9.26 Å². The van der Waals surface area contributed by atoms with Gasteiger partial charge in [-0.2, -0.15) is 0 Å². The molecule has 2 aromatic rings. The van der Waals surface area contributed by atoms with Crippen LogP contribution in [0.15, 0.2) is 29.0 Å². The third kappa shape index (κ3) is 3.60. The Bertz CT molecular complexity index is 621. The molecule has 2 aromatic heterocycles. The molecular weight excluding hydrogens is 284 g/mol. The second-order valence-corrected chi connectivity index (χ2v) is 5.42. The van der Waals surface area contributed by atoms with Crippen LogP contribution in [0.4, 0.5) is 0 Å². The Hall–Kier alpha value is -2.44. The van der Waals surface area contributed by atoms with Gasteiger partial charge in [0.05, 0.1) is 0 Å². The molecule has 3 rings (SSSR count). The second-order valence-electron chi connectivity index (χ2n) is 5.42. The zero-order chi connectivity index (χ0) is 15.4. The van der Waals surface area contributed by atoms with Crippen molar-refractivity contribution in [3.8, 4) is 6.01 Å². The van der Waals surface area contributed by atoms with E-state index in [0.29, 0.717) is 17.5 Å². The zero-order valence-electron chi connectivity index (χ0n) is 12.4. The number of aryl methyl sites for hydroxylation is 1. The fraction of sp³-hybridized carbons (Fsp3) is 0.467. The van der Waals surface area contributed by atoms with Crippen LogP contribution in [0.3, 0.4) is 0 Å². The van der Waals surface area contributed by atoms with Crippen molar-refractivity contribution < 1.29 is 14.1 Å². The molecule has 0 atom stereocenters. The Morgan fingerprint density at radius 3 is 2.64 bits per heavy atom. The van der Waals surface area contributed by atoms with E-state index < -0.39 is 0 Å². The number of amides is 1. The molecule has 1 fully saturated rings. The van der Waals surface area contributed by atoms with Gasteiger partial charge in [-0.25, -0.2) is 9.97 Å². The maximum atomic E-state index is 12.0. The highest BCUT2D eigenvalue weighted by atomic mass is 16.5. The van der Waals surface area contributed by atoms with Crippen LogP contribution in [0.2, 0.25) is 0 Å². The summed E-state index contributed by atoms with van der Waals surface area (Å²) in [5.41, 5.74) is 0.327. The van der Waals surface area contributed by atoms with Crippen molar-refractivity contribution >= 4 is 5.91 Å². The van der Waals surface area contributed by atoms with E-state index in [0.717, 1.165) is 25.7 Å². The first kappa shape index (κ1) is 14.5. The first-order valence-corrected chi connectivity index (χ1v) is 7.38. The summed E-state index contributed by atoms with van der Waals surface area (Å²) in [7, 11) is 0. The van der Waals surface area contributed by atoms with Crippen LogP contribution in [0.25, 0.3) is 0 Å². The number of hydrogen-bond donors (Lipinski definition) is 1. The molecule has 0 aliphatic heterocycles. The average molecular weight is 302 g/mol. The lowest BCUT2D eigenvalue weighted by molar-refractivity contribution is 0.0876. The van der Waals surface area contributed by atoms with Gasteiger partial charge in [-0.05, 0) is 38.7 Å². The van der Waals surface area contributed by atoms with E-state index in [1.165, 1.54) is 0 Å². The molecular formula is C15H18N4O3. The number of rotatable bonds is 4. The van der Waals surface area contributed by atoms with Crippen LogP contribution in [-0.4, -0.2) is 33.2 Å². The summed E-state index contributed by atoms with van der Waals surface area (Å²) in [6, 6.07) is 3.94. The SMILES string of the molecule is Cc1cc(C(=O)NC2CCC(Oc3ncccn3)CC2)no1. The van der Waals surface area contributed by atoms with Crippen molar-refractivity contribution in [2.45, 2.75) is 44.8 Å². The molecule has 116 valence electrons. The highest BCUT2D eigenvalue weighted by Crippen LogP contribution is 2.22. The monoisotopic (exact) mass is 302 g/mol. The summed E-state index contributed by atoms with van der Waals surface area (Å²) in [5.74, 6) is 0.442. The Labute approximate surface area is 128 Å². The number of nitrogens with zero attached hydrogens (tertiary/aromatic N) is 3. The molecule has 0 saturated heterocycles. The summed E-state index contributed by atoms with van der Waals surface area (Å²) >= 11 is 0. The third-order valence-electron chi connectivity index (χ3n) is 3.68. The Balaban J connectivity index is 1.46.